The van der Waals surface area contributed by atoms with Gasteiger partial charge in [0, 0.05) is 6.42 Å². The molecule has 1 heterocycles. The molecule has 3 rings (SSSR count). The van der Waals surface area contributed by atoms with E-state index in [2.05, 4.69) is 22.5 Å². The fraction of sp³-hybridized carbons (Fsp3) is 0.500. The van der Waals surface area contributed by atoms with Crippen LogP contribution in [0.25, 0.3) is 11.0 Å². The van der Waals surface area contributed by atoms with Gasteiger partial charge in [-0.3, -0.25) is 0 Å². The van der Waals surface area contributed by atoms with Gasteiger partial charge in [-0.2, -0.15) is 0 Å². The predicted octanol–water partition coefficient (Wildman–Crippen LogP) is 2.68. The number of para-hydroxylation sites is 2. The number of hydrogen-bond acceptors (Lipinski definition) is 2. The Labute approximate surface area is 101 Å². The number of rotatable bonds is 2. The first-order chi connectivity index (χ1) is 8.31. The molecule has 1 aliphatic rings. The van der Waals surface area contributed by atoms with Gasteiger partial charge >= 0.3 is 0 Å². The molecule has 0 bridgehead atoms. The summed E-state index contributed by atoms with van der Waals surface area (Å²) in [6, 6.07) is 8.43. The maximum atomic E-state index is 10.1. The zero-order valence-corrected chi connectivity index (χ0v) is 10.1. The molecule has 1 N–H and O–H groups in total. The van der Waals surface area contributed by atoms with Gasteiger partial charge in [0.2, 0.25) is 0 Å². The molecule has 3 nitrogen and oxygen atoms in total. The van der Waals surface area contributed by atoms with Crippen molar-refractivity contribution in [3.63, 3.8) is 0 Å². The topological polar surface area (TPSA) is 38.0 Å². The summed E-state index contributed by atoms with van der Waals surface area (Å²) in [6.45, 7) is 2.12. The molecule has 0 saturated heterocycles. The van der Waals surface area contributed by atoms with E-state index < -0.39 is 0 Å². The van der Waals surface area contributed by atoms with Gasteiger partial charge in [-0.15, -0.1) is 0 Å². The van der Waals surface area contributed by atoms with E-state index in [4.69, 9.17) is 0 Å². The van der Waals surface area contributed by atoms with E-state index in [9.17, 15) is 5.11 Å². The van der Waals surface area contributed by atoms with Gasteiger partial charge in [0.05, 0.1) is 23.2 Å². The summed E-state index contributed by atoms with van der Waals surface area (Å²) in [6.07, 6.45) is 3.80. The van der Waals surface area contributed by atoms with Crippen molar-refractivity contribution in [3.05, 3.63) is 30.1 Å². The van der Waals surface area contributed by atoms with E-state index in [1.54, 1.807) is 0 Å². The van der Waals surface area contributed by atoms with Crippen molar-refractivity contribution < 1.29 is 5.11 Å². The first kappa shape index (κ1) is 10.8. The van der Waals surface area contributed by atoms with Gasteiger partial charge in [0.15, 0.2) is 0 Å². The summed E-state index contributed by atoms with van der Waals surface area (Å²) in [7, 11) is 0. The van der Waals surface area contributed by atoms with Crippen molar-refractivity contribution in [2.45, 2.75) is 44.8 Å². The van der Waals surface area contributed by atoms with E-state index in [0.717, 1.165) is 42.5 Å². The quantitative estimate of drug-likeness (QED) is 0.861. The molecular formula is C14H18N2O. The molecule has 1 saturated carbocycles. The average molecular weight is 230 g/mol. The highest BCUT2D eigenvalue weighted by atomic mass is 16.3. The molecule has 1 fully saturated rings. The second-order valence-electron chi connectivity index (χ2n) is 4.81. The summed E-state index contributed by atoms with van der Waals surface area (Å²) < 4.78 is 2.26. The molecule has 17 heavy (non-hydrogen) atoms. The third-order valence-electron chi connectivity index (χ3n) is 3.76. The van der Waals surface area contributed by atoms with Crippen LogP contribution in [0.3, 0.4) is 0 Å². The number of fused-ring (bicyclic) bond motifs is 1. The van der Waals surface area contributed by atoms with Crippen LogP contribution in [-0.2, 0) is 6.42 Å². The van der Waals surface area contributed by atoms with Crippen LogP contribution in [0, 0.1) is 0 Å². The van der Waals surface area contributed by atoms with Gasteiger partial charge in [0.1, 0.15) is 5.82 Å². The Bertz CT molecular complexity index is 532. The molecule has 0 unspecified atom stereocenters. The monoisotopic (exact) mass is 230 g/mol. The Balaban J connectivity index is 2.18. The SMILES string of the molecule is CCc1nc2ccccc2n1[C@H]1CCC[C@@H]1O. The van der Waals surface area contributed by atoms with E-state index in [1.807, 2.05) is 18.2 Å². The fourth-order valence-corrected chi connectivity index (χ4v) is 2.94. The van der Waals surface area contributed by atoms with Gasteiger partial charge < -0.3 is 9.67 Å². The Hall–Kier alpha value is -1.35. The fourth-order valence-electron chi connectivity index (χ4n) is 2.94. The normalized spacial score (nSPS) is 24.6. The number of aromatic nitrogens is 2. The summed E-state index contributed by atoms with van der Waals surface area (Å²) in [5.41, 5.74) is 2.21. The van der Waals surface area contributed by atoms with Gasteiger partial charge in [-0.1, -0.05) is 19.1 Å². The smallest absolute Gasteiger partial charge is 0.109 e. The third-order valence-corrected chi connectivity index (χ3v) is 3.76. The lowest BCUT2D eigenvalue weighted by Gasteiger charge is -2.19. The largest absolute Gasteiger partial charge is 0.391 e. The van der Waals surface area contributed by atoms with Crippen LogP contribution in [0.1, 0.15) is 38.1 Å². The molecule has 2 atom stereocenters. The third kappa shape index (κ3) is 1.65. The highest BCUT2D eigenvalue weighted by Gasteiger charge is 2.29. The summed E-state index contributed by atoms with van der Waals surface area (Å²) >= 11 is 0. The van der Waals surface area contributed by atoms with E-state index in [0.29, 0.717) is 0 Å². The van der Waals surface area contributed by atoms with E-state index in [-0.39, 0.29) is 12.1 Å². The summed E-state index contributed by atoms with van der Waals surface area (Å²) in [5.74, 6) is 1.09. The summed E-state index contributed by atoms with van der Waals surface area (Å²) in [5, 5.41) is 10.1. The molecule has 2 aromatic rings. The maximum absolute atomic E-state index is 10.1. The molecule has 90 valence electrons. The Morgan fingerprint density at radius 2 is 2.18 bits per heavy atom. The van der Waals surface area contributed by atoms with Crippen LogP contribution in [0.5, 0.6) is 0 Å². The zero-order valence-electron chi connectivity index (χ0n) is 10.1. The van der Waals surface area contributed by atoms with Crippen molar-refractivity contribution in [1.29, 1.82) is 0 Å². The highest BCUT2D eigenvalue weighted by Crippen LogP contribution is 2.34. The van der Waals surface area contributed by atoms with Crippen LogP contribution in [0.15, 0.2) is 24.3 Å². The standard InChI is InChI=1S/C14H18N2O/c1-2-14-15-10-6-3-4-7-11(10)16(14)12-8-5-9-13(12)17/h3-4,6-7,12-13,17H,2,5,8-9H2,1H3/t12-,13-/m0/s1. The average Bonchev–Trinajstić information content (AvgIpc) is 2.91. The summed E-state index contributed by atoms with van der Waals surface area (Å²) in [4.78, 5) is 4.66. The minimum Gasteiger partial charge on any atom is -0.391 e. The molecule has 1 aromatic heterocycles. The first-order valence-corrected chi connectivity index (χ1v) is 6.45. The zero-order chi connectivity index (χ0) is 11.8. The van der Waals surface area contributed by atoms with Crippen molar-refractivity contribution >= 4 is 11.0 Å². The van der Waals surface area contributed by atoms with Gasteiger partial charge in [-0.05, 0) is 31.4 Å². The van der Waals surface area contributed by atoms with Crippen molar-refractivity contribution in [2.75, 3.05) is 0 Å². The molecule has 1 aliphatic carbocycles. The molecule has 3 heteroatoms. The molecule has 0 amide bonds. The molecule has 1 aromatic carbocycles. The van der Waals surface area contributed by atoms with Gasteiger partial charge in [-0.25, -0.2) is 4.98 Å². The number of imidazole rings is 1. The van der Waals surface area contributed by atoms with Crippen LogP contribution in [0.4, 0.5) is 0 Å². The number of aryl methyl sites for hydroxylation is 1. The molecular weight excluding hydrogens is 212 g/mol. The lowest BCUT2D eigenvalue weighted by molar-refractivity contribution is 0.137. The van der Waals surface area contributed by atoms with Crippen molar-refractivity contribution in [3.8, 4) is 0 Å². The lowest BCUT2D eigenvalue weighted by Crippen LogP contribution is -2.20. The number of aliphatic hydroxyl groups is 1. The minimum absolute atomic E-state index is 0.210. The van der Waals surface area contributed by atoms with Crippen LogP contribution in [-0.4, -0.2) is 20.8 Å². The van der Waals surface area contributed by atoms with Crippen LogP contribution in [0.2, 0.25) is 0 Å². The molecule has 0 radical (unpaired) electrons. The van der Waals surface area contributed by atoms with Crippen molar-refractivity contribution in [2.24, 2.45) is 0 Å². The Morgan fingerprint density at radius 3 is 2.88 bits per heavy atom. The number of aliphatic hydroxyl groups excluding tert-OH is 1. The van der Waals surface area contributed by atoms with Crippen LogP contribution >= 0.6 is 0 Å². The van der Waals surface area contributed by atoms with E-state index in [1.165, 1.54) is 0 Å². The van der Waals surface area contributed by atoms with Crippen LogP contribution < -0.4 is 0 Å². The highest BCUT2D eigenvalue weighted by molar-refractivity contribution is 5.76. The number of nitrogens with zero attached hydrogens (tertiary/aromatic N) is 2. The number of benzene rings is 1. The van der Waals surface area contributed by atoms with Gasteiger partial charge in [0.25, 0.3) is 0 Å². The van der Waals surface area contributed by atoms with E-state index >= 15 is 0 Å². The Morgan fingerprint density at radius 1 is 1.35 bits per heavy atom. The second kappa shape index (κ2) is 4.15. The number of hydrogen-bond donors (Lipinski definition) is 1. The predicted molar refractivity (Wildman–Crippen MR) is 68.0 cm³/mol. The lowest BCUT2D eigenvalue weighted by atomic mass is 10.2. The Kier molecular flexibility index (Phi) is 2.63. The molecule has 0 spiro atoms. The minimum atomic E-state index is -0.210. The molecule has 0 aliphatic heterocycles. The maximum Gasteiger partial charge on any atom is 0.109 e. The van der Waals surface area contributed by atoms with Crippen molar-refractivity contribution in [1.82, 2.24) is 9.55 Å². The second-order valence-corrected chi connectivity index (χ2v) is 4.81. The first-order valence-electron chi connectivity index (χ1n) is 6.45.